The standard InChI is InChI=1S/C11H19N/c1-10(8-9-12)11-6-4-2-3-5-7-11/h10-11H,2-8H2,1H3. The van der Waals surface area contributed by atoms with Gasteiger partial charge in [0.05, 0.1) is 6.07 Å². The zero-order valence-electron chi connectivity index (χ0n) is 8.05. The molecule has 0 heterocycles. The molecule has 0 aromatic carbocycles. The maximum atomic E-state index is 8.59. The largest absolute Gasteiger partial charge is 0.198 e. The van der Waals surface area contributed by atoms with Crippen LogP contribution in [0, 0.1) is 23.2 Å². The predicted molar refractivity (Wildman–Crippen MR) is 50.6 cm³/mol. The van der Waals surface area contributed by atoms with Crippen molar-refractivity contribution in [2.45, 2.75) is 51.9 Å². The van der Waals surface area contributed by atoms with E-state index in [4.69, 9.17) is 5.26 Å². The molecule has 68 valence electrons. The minimum atomic E-state index is 0.632. The fourth-order valence-corrected chi connectivity index (χ4v) is 2.19. The minimum Gasteiger partial charge on any atom is -0.198 e. The average Bonchev–Trinajstić information content (AvgIpc) is 2.32. The van der Waals surface area contributed by atoms with Gasteiger partial charge in [0.2, 0.25) is 0 Å². The molecule has 0 bridgehead atoms. The van der Waals surface area contributed by atoms with Gasteiger partial charge < -0.3 is 0 Å². The van der Waals surface area contributed by atoms with E-state index in [0.29, 0.717) is 5.92 Å². The second-order valence-electron chi connectivity index (χ2n) is 4.09. The first-order valence-corrected chi connectivity index (χ1v) is 5.21. The summed E-state index contributed by atoms with van der Waals surface area (Å²) in [4.78, 5) is 0. The number of nitriles is 1. The Hall–Kier alpha value is -0.510. The molecule has 1 aliphatic rings. The normalized spacial score (nSPS) is 22.7. The van der Waals surface area contributed by atoms with Gasteiger partial charge in [0, 0.05) is 6.42 Å². The monoisotopic (exact) mass is 165 g/mol. The maximum Gasteiger partial charge on any atom is 0.0624 e. The van der Waals surface area contributed by atoms with Crippen LogP contribution in [0.2, 0.25) is 0 Å². The van der Waals surface area contributed by atoms with Crippen LogP contribution in [0.3, 0.4) is 0 Å². The van der Waals surface area contributed by atoms with Crippen molar-refractivity contribution in [1.82, 2.24) is 0 Å². The van der Waals surface area contributed by atoms with Gasteiger partial charge in [-0.25, -0.2) is 0 Å². The molecule has 1 atom stereocenters. The Morgan fingerprint density at radius 1 is 1.25 bits per heavy atom. The molecule has 0 aliphatic heterocycles. The molecule has 1 unspecified atom stereocenters. The Kier molecular flexibility index (Phi) is 4.14. The molecule has 0 saturated heterocycles. The van der Waals surface area contributed by atoms with Crippen LogP contribution in [-0.2, 0) is 0 Å². The van der Waals surface area contributed by atoms with Gasteiger partial charge in [-0.15, -0.1) is 0 Å². The van der Waals surface area contributed by atoms with Gasteiger partial charge in [0.15, 0.2) is 0 Å². The minimum absolute atomic E-state index is 0.632. The highest BCUT2D eigenvalue weighted by molar-refractivity contribution is 4.79. The zero-order chi connectivity index (χ0) is 8.81. The molecule has 1 aliphatic carbocycles. The first kappa shape index (κ1) is 9.58. The van der Waals surface area contributed by atoms with Gasteiger partial charge in [-0.2, -0.15) is 5.26 Å². The molecule has 1 saturated carbocycles. The third kappa shape index (κ3) is 2.85. The zero-order valence-corrected chi connectivity index (χ0v) is 8.05. The summed E-state index contributed by atoms with van der Waals surface area (Å²) in [7, 11) is 0. The number of rotatable bonds is 2. The van der Waals surface area contributed by atoms with Gasteiger partial charge in [-0.05, 0) is 11.8 Å². The highest BCUT2D eigenvalue weighted by atomic mass is 14.3. The predicted octanol–water partition coefficient (Wildman–Crippen LogP) is 3.51. The maximum absolute atomic E-state index is 8.59. The highest BCUT2D eigenvalue weighted by Gasteiger charge is 2.18. The lowest BCUT2D eigenvalue weighted by atomic mass is 9.86. The van der Waals surface area contributed by atoms with Gasteiger partial charge in [0.1, 0.15) is 0 Å². The molecule has 0 spiro atoms. The molecule has 0 aromatic rings. The molecular weight excluding hydrogens is 146 g/mol. The summed E-state index contributed by atoms with van der Waals surface area (Å²) < 4.78 is 0. The SMILES string of the molecule is CC(CC#N)C1CCCCCC1. The molecule has 1 nitrogen and oxygen atoms in total. The summed E-state index contributed by atoms with van der Waals surface area (Å²) in [6.07, 6.45) is 9.09. The van der Waals surface area contributed by atoms with E-state index in [9.17, 15) is 0 Å². The first-order chi connectivity index (χ1) is 5.84. The van der Waals surface area contributed by atoms with E-state index in [0.717, 1.165) is 12.3 Å². The van der Waals surface area contributed by atoms with Crippen molar-refractivity contribution in [1.29, 1.82) is 5.26 Å². The van der Waals surface area contributed by atoms with Crippen molar-refractivity contribution < 1.29 is 0 Å². The van der Waals surface area contributed by atoms with Crippen LogP contribution >= 0.6 is 0 Å². The summed E-state index contributed by atoms with van der Waals surface area (Å²) in [5.41, 5.74) is 0. The van der Waals surface area contributed by atoms with Crippen molar-refractivity contribution in [2.24, 2.45) is 11.8 Å². The molecule has 0 amide bonds. The summed E-state index contributed by atoms with van der Waals surface area (Å²) in [5.74, 6) is 1.47. The molecule has 0 N–H and O–H groups in total. The van der Waals surface area contributed by atoms with Crippen LogP contribution in [0.15, 0.2) is 0 Å². The van der Waals surface area contributed by atoms with Crippen LogP contribution in [0.4, 0.5) is 0 Å². The molecule has 0 radical (unpaired) electrons. The summed E-state index contributed by atoms with van der Waals surface area (Å²) in [6, 6.07) is 2.29. The van der Waals surface area contributed by atoms with E-state index in [1.807, 2.05) is 0 Å². The van der Waals surface area contributed by atoms with Crippen LogP contribution in [-0.4, -0.2) is 0 Å². The molecular formula is C11H19N. The Balaban J connectivity index is 2.33. The average molecular weight is 165 g/mol. The van der Waals surface area contributed by atoms with Crippen LogP contribution in [0.1, 0.15) is 51.9 Å². The molecule has 0 aromatic heterocycles. The molecule has 1 heteroatoms. The smallest absolute Gasteiger partial charge is 0.0624 e. The van der Waals surface area contributed by atoms with E-state index in [-0.39, 0.29) is 0 Å². The first-order valence-electron chi connectivity index (χ1n) is 5.21. The summed E-state index contributed by atoms with van der Waals surface area (Å²) >= 11 is 0. The van der Waals surface area contributed by atoms with Gasteiger partial charge in [-0.1, -0.05) is 45.4 Å². The van der Waals surface area contributed by atoms with E-state index >= 15 is 0 Å². The van der Waals surface area contributed by atoms with Crippen LogP contribution in [0.5, 0.6) is 0 Å². The topological polar surface area (TPSA) is 23.8 Å². The molecule has 12 heavy (non-hydrogen) atoms. The van der Waals surface area contributed by atoms with Crippen molar-refractivity contribution >= 4 is 0 Å². The van der Waals surface area contributed by atoms with Crippen molar-refractivity contribution in [2.75, 3.05) is 0 Å². The second-order valence-corrected chi connectivity index (χ2v) is 4.09. The molecule has 1 rings (SSSR count). The lowest BCUT2D eigenvalue weighted by Crippen LogP contribution is -2.09. The third-order valence-corrected chi connectivity index (χ3v) is 3.12. The van der Waals surface area contributed by atoms with E-state index in [1.165, 1.54) is 38.5 Å². The van der Waals surface area contributed by atoms with Crippen molar-refractivity contribution in [3.63, 3.8) is 0 Å². The van der Waals surface area contributed by atoms with Gasteiger partial charge >= 0.3 is 0 Å². The Morgan fingerprint density at radius 2 is 1.83 bits per heavy atom. The Bertz CT molecular complexity index is 149. The van der Waals surface area contributed by atoms with Gasteiger partial charge in [0.25, 0.3) is 0 Å². The molecule has 1 fully saturated rings. The number of nitrogens with zero attached hydrogens (tertiary/aromatic N) is 1. The van der Waals surface area contributed by atoms with Crippen molar-refractivity contribution in [3.05, 3.63) is 0 Å². The number of hydrogen-bond acceptors (Lipinski definition) is 1. The lowest BCUT2D eigenvalue weighted by molar-refractivity contribution is 0.324. The van der Waals surface area contributed by atoms with Crippen LogP contribution < -0.4 is 0 Å². The third-order valence-electron chi connectivity index (χ3n) is 3.12. The van der Waals surface area contributed by atoms with E-state index in [2.05, 4.69) is 13.0 Å². The van der Waals surface area contributed by atoms with E-state index in [1.54, 1.807) is 0 Å². The van der Waals surface area contributed by atoms with Crippen molar-refractivity contribution in [3.8, 4) is 6.07 Å². The summed E-state index contributed by atoms with van der Waals surface area (Å²) in [6.45, 7) is 2.24. The van der Waals surface area contributed by atoms with E-state index < -0.39 is 0 Å². The fourth-order valence-electron chi connectivity index (χ4n) is 2.19. The fraction of sp³-hybridized carbons (Fsp3) is 0.909. The van der Waals surface area contributed by atoms with Crippen LogP contribution in [0.25, 0.3) is 0 Å². The summed E-state index contributed by atoms with van der Waals surface area (Å²) in [5, 5.41) is 8.59. The second kappa shape index (κ2) is 5.19. The number of hydrogen-bond donors (Lipinski definition) is 0. The lowest BCUT2D eigenvalue weighted by Gasteiger charge is -2.19. The Labute approximate surface area is 75.8 Å². The Morgan fingerprint density at radius 3 is 2.33 bits per heavy atom. The quantitative estimate of drug-likeness (QED) is 0.574. The van der Waals surface area contributed by atoms with Gasteiger partial charge in [-0.3, -0.25) is 0 Å². The highest BCUT2D eigenvalue weighted by Crippen LogP contribution is 2.30.